The number of pyridine rings is 1. The minimum atomic E-state index is -1.04. The van der Waals surface area contributed by atoms with Crippen molar-refractivity contribution in [2.45, 2.75) is 13.5 Å². The van der Waals surface area contributed by atoms with Crippen LogP contribution in [0.3, 0.4) is 0 Å². The number of ether oxygens (including phenoxy) is 1. The number of carboxylic acids is 1. The van der Waals surface area contributed by atoms with Gasteiger partial charge in [0, 0.05) is 6.54 Å². The summed E-state index contributed by atoms with van der Waals surface area (Å²) in [5.41, 5.74) is 1.26. The molecule has 0 radical (unpaired) electrons. The van der Waals surface area contributed by atoms with Crippen molar-refractivity contribution >= 4 is 11.9 Å². The average molecular weight is 398 g/mol. The van der Waals surface area contributed by atoms with Gasteiger partial charge < -0.3 is 15.2 Å². The molecule has 1 amide bonds. The molecule has 0 aliphatic heterocycles. The van der Waals surface area contributed by atoms with Crippen molar-refractivity contribution in [1.29, 1.82) is 0 Å². The van der Waals surface area contributed by atoms with Crippen LogP contribution >= 0.6 is 0 Å². The van der Waals surface area contributed by atoms with Crippen molar-refractivity contribution in [2.75, 3.05) is 0 Å². The van der Waals surface area contributed by atoms with Crippen molar-refractivity contribution in [2.24, 2.45) is 0 Å². The largest absolute Gasteiger partial charge is 0.478 e. The molecule has 0 unspecified atom stereocenters. The molecule has 0 atom stereocenters. The Balaban J connectivity index is 1.76. The van der Waals surface area contributed by atoms with Crippen LogP contribution in [0.25, 0.3) is 0 Å². The highest BCUT2D eigenvalue weighted by Gasteiger charge is 2.17. The predicted octanol–water partition coefficient (Wildman–Crippen LogP) is 4.09. The molecule has 0 aliphatic rings. The van der Waals surface area contributed by atoms with Gasteiger partial charge in [-0.2, -0.15) is 0 Å². The van der Waals surface area contributed by atoms with Gasteiger partial charge in [0.25, 0.3) is 5.91 Å². The van der Waals surface area contributed by atoms with Crippen molar-refractivity contribution in [3.05, 3.63) is 88.6 Å². The van der Waals surface area contributed by atoms with Gasteiger partial charge in [-0.1, -0.05) is 12.1 Å². The Kier molecular flexibility index (Phi) is 5.82. The summed E-state index contributed by atoms with van der Waals surface area (Å²) in [6, 6.07) is 10.7. The molecule has 0 spiro atoms. The lowest BCUT2D eigenvalue weighted by molar-refractivity contribution is 0.0695. The Bertz CT molecular complexity index is 1070. The molecule has 3 rings (SSSR count). The Morgan fingerprint density at radius 1 is 1.03 bits per heavy atom. The first-order valence-electron chi connectivity index (χ1n) is 8.53. The Labute approximate surface area is 164 Å². The van der Waals surface area contributed by atoms with Crippen LogP contribution < -0.4 is 10.1 Å². The van der Waals surface area contributed by atoms with Crippen molar-refractivity contribution in [3.8, 4) is 11.6 Å². The molecule has 1 heterocycles. The van der Waals surface area contributed by atoms with Gasteiger partial charge in [0.05, 0.1) is 11.8 Å². The van der Waals surface area contributed by atoms with Gasteiger partial charge in [-0.3, -0.25) is 4.79 Å². The highest BCUT2D eigenvalue weighted by Crippen LogP contribution is 2.24. The highest BCUT2D eigenvalue weighted by atomic mass is 19.1. The van der Waals surface area contributed by atoms with Crippen molar-refractivity contribution in [1.82, 2.24) is 10.3 Å². The highest BCUT2D eigenvalue weighted by molar-refractivity contribution is 5.96. The molecule has 6 nitrogen and oxygen atoms in total. The maximum Gasteiger partial charge on any atom is 0.335 e. The van der Waals surface area contributed by atoms with E-state index in [0.29, 0.717) is 11.1 Å². The molecular formula is C21H16F2N2O4. The maximum atomic E-state index is 13.6. The van der Waals surface area contributed by atoms with Crippen LogP contribution in [0.15, 0.2) is 54.7 Å². The summed E-state index contributed by atoms with van der Waals surface area (Å²) in [4.78, 5) is 27.4. The summed E-state index contributed by atoms with van der Waals surface area (Å²) in [6.45, 7) is 1.74. The van der Waals surface area contributed by atoms with Crippen LogP contribution in [0.4, 0.5) is 8.78 Å². The van der Waals surface area contributed by atoms with Crippen LogP contribution in [0.2, 0.25) is 0 Å². The quantitative estimate of drug-likeness (QED) is 0.653. The number of aromatic nitrogens is 1. The third kappa shape index (κ3) is 4.92. The number of hydrogen-bond acceptors (Lipinski definition) is 4. The molecule has 29 heavy (non-hydrogen) atoms. The second kappa shape index (κ2) is 8.47. The van der Waals surface area contributed by atoms with Gasteiger partial charge in [-0.15, -0.1) is 0 Å². The van der Waals surface area contributed by atoms with E-state index in [1.165, 1.54) is 30.3 Å². The smallest absolute Gasteiger partial charge is 0.335 e. The van der Waals surface area contributed by atoms with E-state index in [0.717, 1.165) is 12.3 Å². The molecule has 1 aromatic heterocycles. The molecule has 2 aromatic carbocycles. The van der Waals surface area contributed by atoms with Crippen LogP contribution in [-0.4, -0.2) is 22.0 Å². The van der Waals surface area contributed by atoms with Gasteiger partial charge in [-0.25, -0.2) is 18.6 Å². The lowest BCUT2D eigenvalue weighted by Gasteiger charge is -2.11. The molecule has 2 N–H and O–H groups in total. The minimum Gasteiger partial charge on any atom is -0.478 e. The Hall–Kier alpha value is -3.81. The van der Waals surface area contributed by atoms with E-state index in [4.69, 9.17) is 9.84 Å². The summed E-state index contributed by atoms with van der Waals surface area (Å²) < 4.78 is 32.1. The lowest BCUT2D eigenvalue weighted by Crippen LogP contribution is -2.24. The summed E-state index contributed by atoms with van der Waals surface area (Å²) in [7, 11) is 0. The first-order chi connectivity index (χ1) is 13.8. The third-order valence-electron chi connectivity index (χ3n) is 4.06. The first kappa shape index (κ1) is 19.9. The second-order valence-corrected chi connectivity index (χ2v) is 6.20. The van der Waals surface area contributed by atoms with E-state index in [9.17, 15) is 18.4 Å². The van der Waals surface area contributed by atoms with E-state index in [1.54, 1.807) is 19.1 Å². The SMILES string of the molecule is Cc1cc(CNC(=O)c2cc(F)cnc2Oc2ccc(F)cc2)ccc1C(=O)O. The zero-order valence-electron chi connectivity index (χ0n) is 15.3. The van der Waals surface area contributed by atoms with E-state index >= 15 is 0 Å². The van der Waals surface area contributed by atoms with Gasteiger partial charge in [0.1, 0.15) is 22.9 Å². The second-order valence-electron chi connectivity index (χ2n) is 6.20. The number of aromatic carboxylic acids is 1. The van der Waals surface area contributed by atoms with Gasteiger partial charge in [-0.05, 0) is 54.4 Å². The van der Waals surface area contributed by atoms with Gasteiger partial charge >= 0.3 is 5.97 Å². The number of aryl methyl sites for hydroxylation is 1. The number of benzene rings is 2. The molecule has 0 bridgehead atoms. The molecule has 0 saturated heterocycles. The molecular weight excluding hydrogens is 382 g/mol. The topological polar surface area (TPSA) is 88.5 Å². The first-order valence-corrected chi connectivity index (χ1v) is 8.53. The zero-order valence-corrected chi connectivity index (χ0v) is 15.3. The number of carboxylic acid groups (broad SMARTS) is 1. The van der Waals surface area contributed by atoms with Crippen molar-refractivity contribution in [3.63, 3.8) is 0 Å². The Morgan fingerprint density at radius 2 is 1.76 bits per heavy atom. The fourth-order valence-electron chi connectivity index (χ4n) is 2.64. The maximum absolute atomic E-state index is 13.6. The van der Waals surface area contributed by atoms with Crippen LogP contribution in [0.1, 0.15) is 31.8 Å². The number of rotatable bonds is 6. The number of nitrogens with zero attached hydrogens (tertiary/aromatic N) is 1. The van der Waals surface area contributed by atoms with Crippen LogP contribution in [0.5, 0.6) is 11.6 Å². The van der Waals surface area contributed by atoms with E-state index < -0.39 is 23.5 Å². The molecule has 0 aliphatic carbocycles. The standard InChI is InChI=1S/C21H16F2N2O4/c1-12-8-13(2-7-17(12)21(27)28)10-24-19(26)18-9-15(23)11-25-20(18)29-16-5-3-14(22)4-6-16/h2-9,11H,10H2,1H3,(H,24,26)(H,27,28). The van der Waals surface area contributed by atoms with E-state index in [1.807, 2.05) is 0 Å². The van der Waals surface area contributed by atoms with E-state index in [2.05, 4.69) is 10.3 Å². The molecule has 148 valence electrons. The number of nitrogens with one attached hydrogen (secondary N) is 1. The third-order valence-corrected chi connectivity index (χ3v) is 4.06. The van der Waals surface area contributed by atoms with Gasteiger partial charge in [0.15, 0.2) is 0 Å². The number of carbonyl (C=O) groups excluding carboxylic acids is 1. The number of hydrogen-bond donors (Lipinski definition) is 2. The van der Waals surface area contributed by atoms with E-state index in [-0.39, 0.29) is 29.3 Å². The summed E-state index contributed by atoms with van der Waals surface area (Å²) >= 11 is 0. The molecule has 8 heteroatoms. The number of halogens is 2. The molecule has 0 fully saturated rings. The monoisotopic (exact) mass is 398 g/mol. The molecule has 3 aromatic rings. The normalized spacial score (nSPS) is 10.4. The fourth-order valence-corrected chi connectivity index (χ4v) is 2.64. The fraction of sp³-hybridized carbons (Fsp3) is 0.0952. The molecule has 0 saturated carbocycles. The number of carbonyl (C=O) groups is 2. The zero-order chi connectivity index (χ0) is 21.0. The number of amides is 1. The average Bonchev–Trinajstić information content (AvgIpc) is 2.69. The summed E-state index contributed by atoms with van der Waals surface area (Å²) in [6.07, 6.45) is 0.906. The van der Waals surface area contributed by atoms with Crippen LogP contribution in [0, 0.1) is 18.6 Å². The minimum absolute atomic E-state index is 0.0894. The lowest BCUT2D eigenvalue weighted by atomic mass is 10.1. The summed E-state index contributed by atoms with van der Waals surface area (Å²) in [5.74, 6) is -2.73. The Morgan fingerprint density at radius 3 is 2.41 bits per heavy atom. The van der Waals surface area contributed by atoms with Crippen LogP contribution in [-0.2, 0) is 6.54 Å². The van der Waals surface area contributed by atoms with Gasteiger partial charge in [0.2, 0.25) is 5.88 Å². The summed E-state index contributed by atoms with van der Waals surface area (Å²) in [5, 5.41) is 11.7. The predicted molar refractivity (Wildman–Crippen MR) is 100.0 cm³/mol. The van der Waals surface area contributed by atoms with Crippen molar-refractivity contribution < 1.29 is 28.2 Å².